The molecule has 0 radical (unpaired) electrons. The van der Waals surface area contributed by atoms with E-state index in [2.05, 4.69) is 165 Å². The highest BCUT2D eigenvalue weighted by Gasteiger charge is 2.16. The molecule has 3 heteroatoms. The van der Waals surface area contributed by atoms with Crippen molar-refractivity contribution in [1.82, 2.24) is 9.13 Å². The van der Waals surface area contributed by atoms with Crippen LogP contribution in [0.3, 0.4) is 0 Å². The molecule has 2 heterocycles. The Morgan fingerprint density at radius 2 is 0.800 bits per heavy atom. The first kappa shape index (κ1) is 24.4. The van der Waals surface area contributed by atoms with Crippen molar-refractivity contribution in [1.29, 1.82) is 0 Å². The molecule has 0 aliphatic rings. The first-order valence-electron chi connectivity index (χ1n) is 13.1. The Morgan fingerprint density at radius 1 is 0.375 bits per heavy atom. The molecule has 0 aliphatic carbocycles. The molecule has 0 bridgehead atoms. The average Bonchev–Trinajstić information content (AvgIpc) is 3.50. The lowest BCUT2D eigenvalue weighted by Crippen LogP contribution is -1.93. The number of nitrogens with zero attached hydrogens (tertiary/aromatic N) is 2. The number of halogens is 1. The van der Waals surface area contributed by atoms with E-state index in [4.69, 9.17) is 0 Å². The van der Waals surface area contributed by atoms with Gasteiger partial charge in [0.2, 0.25) is 0 Å². The zero-order valence-corrected chi connectivity index (χ0v) is 22.6. The van der Waals surface area contributed by atoms with Crippen molar-refractivity contribution < 1.29 is 0 Å². The summed E-state index contributed by atoms with van der Waals surface area (Å²) in [6, 6.07) is 50.2. The lowest BCUT2D eigenvalue weighted by atomic mass is 10.0. The third kappa shape index (κ3) is 3.70. The second kappa shape index (κ2) is 9.55. The fourth-order valence-corrected chi connectivity index (χ4v) is 6.40. The molecule has 192 valence electrons. The molecule has 0 amide bonds. The summed E-state index contributed by atoms with van der Waals surface area (Å²) in [5, 5.41) is 5.02. The van der Waals surface area contributed by atoms with Gasteiger partial charge in [-0.3, -0.25) is 0 Å². The Balaban J connectivity index is 0.00000264. The van der Waals surface area contributed by atoms with Gasteiger partial charge in [0, 0.05) is 37.4 Å². The lowest BCUT2D eigenvalue weighted by Gasteiger charge is -2.09. The summed E-state index contributed by atoms with van der Waals surface area (Å²) in [4.78, 5) is 0. The number of aromatic nitrogens is 2. The smallest absolute Gasteiger partial charge is 0.0541 e. The molecular weight excluding hydrogens is 552 g/mol. The van der Waals surface area contributed by atoms with Crippen molar-refractivity contribution >= 4 is 59.5 Å². The Bertz CT molecular complexity index is 2170. The van der Waals surface area contributed by atoms with Crippen LogP contribution in [0.5, 0.6) is 0 Å². The largest absolute Gasteiger partial charge is 0.309 e. The summed E-state index contributed by atoms with van der Waals surface area (Å²) in [5.41, 5.74) is 9.64. The van der Waals surface area contributed by atoms with Gasteiger partial charge in [0.1, 0.15) is 0 Å². The van der Waals surface area contributed by atoms with E-state index >= 15 is 0 Å². The van der Waals surface area contributed by atoms with Crippen LogP contribution in [-0.2, 0) is 0 Å². The fourth-order valence-electron chi connectivity index (χ4n) is 6.04. The van der Waals surface area contributed by atoms with Crippen molar-refractivity contribution in [3.05, 3.63) is 144 Å². The lowest BCUT2D eigenvalue weighted by molar-refractivity contribution is 1.18. The Kier molecular flexibility index (Phi) is 5.83. The molecule has 0 fully saturated rings. The molecule has 0 unspecified atom stereocenters. The van der Waals surface area contributed by atoms with Crippen molar-refractivity contribution in [2.75, 3.05) is 0 Å². The first-order chi connectivity index (χ1) is 19.3. The molecule has 2 nitrogen and oxygen atoms in total. The topological polar surface area (TPSA) is 9.86 Å². The second-order valence-corrected chi connectivity index (χ2v) is 10.9. The van der Waals surface area contributed by atoms with Gasteiger partial charge in [0.05, 0.1) is 22.1 Å². The van der Waals surface area contributed by atoms with Gasteiger partial charge < -0.3 is 9.13 Å². The molecule has 0 saturated heterocycles. The summed E-state index contributed by atoms with van der Waals surface area (Å²) < 4.78 is 5.81. The van der Waals surface area contributed by atoms with Crippen LogP contribution < -0.4 is 0 Å². The van der Waals surface area contributed by atoms with Gasteiger partial charge in [0.25, 0.3) is 0 Å². The Morgan fingerprint density at radius 3 is 1.38 bits per heavy atom. The van der Waals surface area contributed by atoms with Crippen molar-refractivity contribution in [3.63, 3.8) is 0 Å². The van der Waals surface area contributed by atoms with Crippen molar-refractivity contribution in [2.24, 2.45) is 0 Å². The summed E-state index contributed by atoms with van der Waals surface area (Å²) in [6.45, 7) is 0. The molecule has 0 aliphatic heterocycles. The maximum atomic E-state index is 3.71. The maximum Gasteiger partial charge on any atom is 0.0541 e. The minimum atomic E-state index is 0. The number of hydrogen-bond donors (Lipinski definition) is 0. The number of benzene rings is 6. The predicted molar refractivity (Wildman–Crippen MR) is 175 cm³/mol. The van der Waals surface area contributed by atoms with E-state index in [9.17, 15) is 0 Å². The summed E-state index contributed by atoms with van der Waals surface area (Å²) in [7, 11) is 0. The molecule has 40 heavy (non-hydrogen) atoms. The second-order valence-electron chi connectivity index (χ2n) is 9.98. The number of hydrogen-bond acceptors (Lipinski definition) is 0. The zero-order valence-electron chi connectivity index (χ0n) is 21.1. The van der Waals surface area contributed by atoms with Gasteiger partial charge in [0.15, 0.2) is 0 Å². The van der Waals surface area contributed by atoms with Crippen molar-refractivity contribution in [3.8, 4) is 22.5 Å². The zero-order chi connectivity index (χ0) is 25.9. The van der Waals surface area contributed by atoms with Crippen LogP contribution in [0.1, 0.15) is 7.43 Å². The first-order valence-corrected chi connectivity index (χ1v) is 13.9. The van der Waals surface area contributed by atoms with Crippen molar-refractivity contribution in [2.45, 2.75) is 7.43 Å². The molecule has 8 rings (SSSR count). The van der Waals surface area contributed by atoms with Gasteiger partial charge in [-0.1, -0.05) is 90.1 Å². The fraction of sp³-hybridized carbons (Fsp3) is 0.0270. The quantitative estimate of drug-likeness (QED) is 0.197. The summed E-state index contributed by atoms with van der Waals surface area (Å²) in [6.07, 6.45) is 0. The Labute approximate surface area is 241 Å². The predicted octanol–water partition coefficient (Wildman–Crippen LogP) is 10.9. The minimum Gasteiger partial charge on any atom is -0.309 e. The molecule has 0 atom stereocenters. The van der Waals surface area contributed by atoms with E-state index in [0.29, 0.717) is 0 Å². The van der Waals surface area contributed by atoms with E-state index in [1.807, 2.05) is 0 Å². The van der Waals surface area contributed by atoms with Crippen LogP contribution in [0.25, 0.3) is 66.1 Å². The number of para-hydroxylation sites is 3. The highest BCUT2D eigenvalue weighted by molar-refractivity contribution is 9.10. The van der Waals surface area contributed by atoms with Crippen LogP contribution in [0, 0.1) is 0 Å². The highest BCUT2D eigenvalue weighted by Crippen LogP contribution is 2.38. The molecule has 6 aromatic carbocycles. The van der Waals surface area contributed by atoms with Gasteiger partial charge >= 0.3 is 0 Å². The third-order valence-corrected chi connectivity index (χ3v) is 8.26. The van der Waals surface area contributed by atoms with E-state index in [1.165, 1.54) is 66.1 Å². The average molecular weight is 580 g/mol. The SMILES string of the molecule is Brc1ccc2c(c1)c1cc(-c3ccc4c(c3)c3ccccc3n4-c3ccccc3)ccc1n2-c1ccccc1.C. The molecule has 0 spiro atoms. The van der Waals surface area contributed by atoms with E-state index in [-0.39, 0.29) is 7.43 Å². The number of fused-ring (bicyclic) bond motifs is 6. The molecule has 2 aromatic heterocycles. The van der Waals surface area contributed by atoms with E-state index < -0.39 is 0 Å². The monoisotopic (exact) mass is 578 g/mol. The molecular formula is C37H27BrN2. The van der Waals surface area contributed by atoms with Gasteiger partial charge in [-0.05, 0) is 83.9 Å². The standard InChI is InChI=1S/C36H23BrN2.CH4/c37-26-17-20-36-32(23-26)31-22-25(16-19-35(31)39(36)28-11-5-2-6-12-28)24-15-18-34-30(21-24)29-13-7-8-14-33(29)38(34)27-9-3-1-4-10-27;/h1-23H;1H4. The van der Waals surface area contributed by atoms with Crippen LogP contribution in [0.2, 0.25) is 0 Å². The summed E-state index contributed by atoms with van der Waals surface area (Å²) in [5.74, 6) is 0. The van der Waals surface area contributed by atoms with Gasteiger partial charge in [-0.25, -0.2) is 0 Å². The summed E-state index contributed by atoms with van der Waals surface area (Å²) >= 11 is 3.71. The van der Waals surface area contributed by atoms with Gasteiger partial charge in [-0.2, -0.15) is 0 Å². The normalized spacial score (nSPS) is 11.4. The van der Waals surface area contributed by atoms with E-state index in [0.717, 1.165) is 4.47 Å². The molecule has 0 saturated carbocycles. The Hall–Kier alpha value is -4.60. The third-order valence-electron chi connectivity index (χ3n) is 7.76. The van der Waals surface area contributed by atoms with Gasteiger partial charge in [-0.15, -0.1) is 0 Å². The van der Waals surface area contributed by atoms with Crippen LogP contribution in [0.15, 0.2) is 144 Å². The van der Waals surface area contributed by atoms with E-state index in [1.54, 1.807) is 0 Å². The highest BCUT2D eigenvalue weighted by atomic mass is 79.9. The van der Waals surface area contributed by atoms with Crippen LogP contribution in [-0.4, -0.2) is 9.13 Å². The molecule has 8 aromatic rings. The number of rotatable bonds is 3. The van der Waals surface area contributed by atoms with Crippen LogP contribution in [0.4, 0.5) is 0 Å². The minimum absolute atomic E-state index is 0. The molecule has 0 N–H and O–H groups in total. The maximum absolute atomic E-state index is 3.71. The van der Waals surface area contributed by atoms with Crippen LogP contribution >= 0.6 is 15.9 Å².